The van der Waals surface area contributed by atoms with Crippen LogP contribution in [0.3, 0.4) is 0 Å². The normalized spacial score (nSPS) is 13.4. The van der Waals surface area contributed by atoms with E-state index in [1.54, 1.807) is 6.92 Å². The summed E-state index contributed by atoms with van der Waals surface area (Å²) in [5.41, 5.74) is 2.11. The Morgan fingerprint density at radius 2 is 1.50 bits per heavy atom. The van der Waals surface area contributed by atoms with Crippen LogP contribution in [-0.4, -0.2) is 5.78 Å². The van der Waals surface area contributed by atoms with Crippen LogP contribution in [0.2, 0.25) is 0 Å². The Morgan fingerprint density at radius 3 is 1.60 bits per heavy atom. The van der Waals surface area contributed by atoms with E-state index in [-0.39, 0.29) is 5.78 Å². The molecule has 1 heteroatoms. The van der Waals surface area contributed by atoms with Gasteiger partial charge in [-0.1, -0.05) is 19.4 Å². The molecule has 0 N–H and O–H groups in total. The van der Waals surface area contributed by atoms with Crippen LogP contribution in [-0.2, 0) is 4.79 Å². The lowest BCUT2D eigenvalue weighted by molar-refractivity contribution is -0.113. The van der Waals surface area contributed by atoms with Gasteiger partial charge in [-0.25, -0.2) is 0 Å². The van der Waals surface area contributed by atoms with Crippen molar-refractivity contribution in [3.05, 3.63) is 11.1 Å². The molecule has 0 aliphatic heterocycles. The lowest BCUT2D eigenvalue weighted by Gasteiger charge is -2.07. The van der Waals surface area contributed by atoms with Gasteiger partial charge in [0.05, 0.1) is 0 Å². The average molecular weight is 140 g/mol. The molecule has 0 fully saturated rings. The number of hydrogen-bond donors (Lipinski definition) is 0. The fourth-order valence-electron chi connectivity index (χ4n) is 0.711. The van der Waals surface area contributed by atoms with E-state index in [0.29, 0.717) is 5.92 Å². The summed E-state index contributed by atoms with van der Waals surface area (Å²) in [6, 6.07) is 0. The maximum Gasteiger partial charge on any atom is 0.155 e. The number of ketones is 1. The minimum absolute atomic E-state index is 0.186. The number of allylic oxidation sites excluding steroid dienone is 2. The maximum absolute atomic E-state index is 10.8. The molecule has 0 heterocycles. The van der Waals surface area contributed by atoms with Crippen LogP contribution in [0.4, 0.5) is 0 Å². The second-order valence-corrected chi connectivity index (χ2v) is 3.02. The van der Waals surface area contributed by atoms with E-state index in [1.165, 1.54) is 5.57 Å². The van der Waals surface area contributed by atoms with Gasteiger partial charge in [0, 0.05) is 0 Å². The largest absolute Gasteiger partial charge is 0.295 e. The molecule has 10 heavy (non-hydrogen) atoms. The van der Waals surface area contributed by atoms with Gasteiger partial charge < -0.3 is 0 Å². The minimum atomic E-state index is 0.186. The predicted molar refractivity (Wildman–Crippen MR) is 43.9 cm³/mol. The van der Waals surface area contributed by atoms with E-state index in [9.17, 15) is 4.79 Å². The Labute approximate surface area is 63.1 Å². The average Bonchev–Trinajstić information content (AvgIpc) is 1.84. The van der Waals surface area contributed by atoms with Crippen molar-refractivity contribution in [2.24, 2.45) is 5.92 Å². The summed E-state index contributed by atoms with van der Waals surface area (Å²) in [6.07, 6.45) is 0. The van der Waals surface area contributed by atoms with Crippen molar-refractivity contribution in [2.45, 2.75) is 34.6 Å². The van der Waals surface area contributed by atoms with Gasteiger partial charge in [-0.15, -0.1) is 0 Å². The van der Waals surface area contributed by atoms with Crippen molar-refractivity contribution in [1.82, 2.24) is 0 Å². The van der Waals surface area contributed by atoms with Gasteiger partial charge in [-0.2, -0.15) is 0 Å². The zero-order valence-corrected chi connectivity index (χ0v) is 7.49. The summed E-state index contributed by atoms with van der Waals surface area (Å²) >= 11 is 0. The van der Waals surface area contributed by atoms with Crippen LogP contribution >= 0.6 is 0 Å². The molecule has 0 rings (SSSR count). The van der Waals surface area contributed by atoms with E-state index in [2.05, 4.69) is 13.8 Å². The zero-order valence-electron chi connectivity index (χ0n) is 7.49. The van der Waals surface area contributed by atoms with Crippen LogP contribution in [0.1, 0.15) is 34.6 Å². The van der Waals surface area contributed by atoms with Crippen molar-refractivity contribution in [2.75, 3.05) is 0 Å². The predicted octanol–water partition coefficient (Wildman–Crippen LogP) is 2.57. The molecule has 1 nitrogen and oxygen atoms in total. The van der Waals surface area contributed by atoms with E-state index in [0.717, 1.165) is 5.57 Å². The van der Waals surface area contributed by atoms with Crippen LogP contribution in [0.15, 0.2) is 11.1 Å². The topological polar surface area (TPSA) is 17.1 Å². The van der Waals surface area contributed by atoms with Crippen molar-refractivity contribution in [3.63, 3.8) is 0 Å². The number of rotatable bonds is 2. The minimum Gasteiger partial charge on any atom is -0.295 e. The van der Waals surface area contributed by atoms with Gasteiger partial charge in [0.15, 0.2) is 5.78 Å². The lowest BCUT2D eigenvalue weighted by Crippen LogP contribution is -2.00. The molecule has 0 bridgehead atoms. The first kappa shape index (κ1) is 9.41. The second-order valence-electron chi connectivity index (χ2n) is 3.02. The van der Waals surface area contributed by atoms with Crippen LogP contribution in [0.5, 0.6) is 0 Å². The monoisotopic (exact) mass is 140 g/mol. The fraction of sp³-hybridized carbons (Fsp3) is 0.667. The first-order chi connectivity index (χ1) is 4.46. The summed E-state index contributed by atoms with van der Waals surface area (Å²) in [5.74, 6) is 0.676. The highest BCUT2D eigenvalue weighted by atomic mass is 16.1. The Balaban J connectivity index is 4.50. The summed E-state index contributed by atoms with van der Waals surface area (Å²) in [7, 11) is 0. The quantitative estimate of drug-likeness (QED) is 0.539. The lowest BCUT2D eigenvalue weighted by atomic mass is 9.98. The first-order valence-electron chi connectivity index (χ1n) is 3.65. The number of carbonyl (C=O) groups excluding carboxylic acids is 1. The van der Waals surface area contributed by atoms with E-state index in [1.807, 2.05) is 13.8 Å². The third-order valence-corrected chi connectivity index (χ3v) is 1.99. The van der Waals surface area contributed by atoms with Gasteiger partial charge in [-0.3, -0.25) is 4.79 Å². The SMILES string of the molecule is CC(=O)/C(C)=C(\C)C(C)C. The molecule has 0 aliphatic carbocycles. The van der Waals surface area contributed by atoms with Crippen molar-refractivity contribution < 1.29 is 4.79 Å². The number of hydrogen-bond acceptors (Lipinski definition) is 1. The van der Waals surface area contributed by atoms with Crippen LogP contribution < -0.4 is 0 Å². The third kappa shape index (κ3) is 2.34. The van der Waals surface area contributed by atoms with Crippen LogP contribution in [0.25, 0.3) is 0 Å². The first-order valence-corrected chi connectivity index (χ1v) is 3.65. The molecule has 0 aromatic heterocycles. The summed E-state index contributed by atoms with van der Waals surface area (Å²) in [5, 5.41) is 0. The van der Waals surface area contributed by atoms with Crippen molar-refractivity contribution >= 4 is 5.78 Å². The van der Waals surface area contributed by atoms with Gasteiger partial charge in [0.1, 0.15) is 0 Å². The molecule has 58 valence electrons. The summed E-state index contributed by atoms with van der Waals surface area (Å²) in [6.45, 7) is 9.71. The van der Waals surface area contributed by atoms with Gasteiger partial charge in [0.25, 0.3) is 0 Å². The van der Waals surface area contributed by atoms with Gasteiger partial charge >= 0.3 is 0 Å². The van der Waals surface area contributed by atoms with E-state index in [4.69, 9.17) is 0 Å². The van der Waals surface area contributed by atoms with Crippen molar-refractivity contribution in [3.8, 4) is 0 Å². The molecule has 0 aromatic carbocycles. The Kier molecular flexibility index (Phi) is 3.34. The number of Topliss-reactive ketones (excluding diaryl/α,β-unsaturated/α-hetero) is 1. The standard InChI is InChI=1S/C9H16O/c1-6(2)7(3)8(4)9(5)10/h6H,1-5H3/b8-7+. The summed E-state index contributed by atoms with van der Waals surface area (Å²) in [4.78, 5) is 10.8. The Bertz CT molecular complexity index is 164. The molecule has 0 aromatic rings. The van der Waals surface area contributed by atoms with Crippen molar-refractivity contribution in [1.29, 1.82) is 0 Å². The molecule has 0 saturated heterocycles. The molecular weight excluding hydrogens is 124 g/mol. The Hall–Kier alpha value is -0.590. The maximum atomic E-state index is 10.8. The smallest absolute Gasteiger partial charge is 0.155 e. The highest BCUT2D eigenvalue weighted by molar-refractivity contribution is 5.93. The van der Waals surface area contributed by atoms with E-state index >= 15 is 0 Å². The molecule has 0 unspecified atom stereocenters. The third-order valence-electron chi connectivity index (χ3n) is 1.99. The number of carbonyl (C=O) groups is 1. The molecule has 0 atom stereocenters. The van der Waals surface area contributed by atoms with Crippen LogP contribution in [0, 0.1) is 5.92 Å². The van der Waals surface area contributed by atoms with Gasteiger partial charge in [0.2, 0.25) is 0 Å². The highest BCUT2D eigenvalue weighted by Crippen LogP contribution is 2.13. The molecule has 0 aliphatic rings. The fourth-order valence-corrected chi connectivity index (χ4v) is 0.711. The molecule has 0 spiro atoms. The summed E-state index contributed by atoms with van der Waals surface area (Å²) < 4.78 is 0. The molecule has 0 saturated carbocycles. The van der Waals surface area contributed by atoms with E-state index < -0.39 is 0 Å². The van der Waals surface area contributed by atoms with Gasteiger partial charge in [-0.05, 0) is 32.3 Å². The zero-order chi connectivity index (χ0) is 8.31. The molecule has 0 amide bonds. The second kappa shape index (κ2) is 3.55. The Morgan fingerprint density at radius 1 is 1.10 bits per heavy atom. The molecule has 0 radical (unpaired) electrons. The highest BCUT2D eigenvalue weighted by Gasteiger charge is 2.04. The molecular formula is C9H16O.